The van der Waals surface area contributed by atoms with E-state index in [1.807, 2.05) is 0 Å². The van der Waals surface area contributed by atoms with Crippen molar-refractivity contribution < 1.29 is 4.74 Å². The lowest BCUT2D eigenvalue weighted by molar-refractivity contribution is 0.328. The Morgan fingerprint density at radius 1 is 0.677 bits per heavy atom. The molecule has 0 amide bonds. The van der Waals surface area contributed by atoms with Crippen LogP contribution in [0.25, 0.3) is 11.1 Å². The molecular weight excluding hydrogens is 376 g/mol. The van der Waals surface area contributed by atoms with Gasteiger partial charge in [0.25, 0.3) is 0 Å². The molecule has 2 atom stereocenters. The summed E-state index contributed by atoms with van der Waals surface area (Å²) in [7, 11) is 0. The predicted molar refractivity (Wildman–Crippen MR) is 134 cm³/mol. The highest BCUT2D eigenvalue weighted by atomic mass is 16.6. The second-order valence-corrected chi connectivity index (χ2v) is 10.2. The summed E-state index contributed by atoms with van der Waals surface area (Å²) in [5, 5.41) is 0. The second kappa shape index (κ2) is 11.5. The summed E-state index contributed by atoms with van der Waals surface area (Å²) in [6.07, 6.45) is 29.0. The fraction of sp³-hybridized carbons (Fsp3) is 0.667. The number of epoxide rings is 1. The molecule has 1 saturated heterocycles. The van der Waals surface area contributed by atoms with E-state index in [-0.39, 0.29) is 5.60 Å². The van der Waals surface area contributed by atoms with Crippen molar-refractivity contribution in [2.24, 2.45) is 0 Å². The number of hydrogen-bond acceptors (Lipinski definition) is 1. The highest BCUT2D eigenvalue weighted by Crippen LogP contribution is 2.61. The number of benzene rings is 1. The third kappa shape index (κ3) is 5.54. The number of hydrogen-bond donors (Lipinski definition) is 0. The van der Waals surface area contributed by atoms with E-state index in [0.717, 1.165) is 0 Å². The molecule has 1 nitrogen and oxygen atoms in total. The van der Waals surface area contributed by atoms with Gasteiger partial charge in [0.1, 0.15) is 11.7 Å². The first kappa shape index (κ1) is 22.8. The van der Waals surface area contributed by atoms with Gasteiger partial charge < -0.3 is 4.74 Å². The maximum atomic E-state index is 6.24. The number of ether oxygens (including phenoxy) is 1. The average molecular weight is 421 g/mol. The van der Waals surface area contributed by atoms with Crippen LogP contribution in [0.15, 0.2) is 36.4 Å². The van der Waals surface area contributed by atoms with Crippen molar-refractivity contribution in [3.8, 4) is 0 Å². The van der Waals surface area contributed by atoms with E-state index in [2.05, 4.69) is 43.3 Å². The smallest absolute Gasteiger partial charge is 0.125 e. The molecule has 0 radical (unpaired) electrons. The van der Waals surface area contributed by atoms with E-state index in [1.165, 1.54) is 131 Å². The van der Waals surface area contributed by atoms with Gasteiger partial charge in [-0.15, -0.1) is 0 Å². The Balaban J connectivity index is 0.989. The summed E-state index contributed by atoms with van der Waals surface area (Å²) in [4.78, 5) is 0. The lowest BCUT2D eigenvalue weighted by atomic mass is 9.69. The molecule has 2 unspecified atom stereocenters. The third-order valence-corrected chi connectivity index (χ3v) is 7.76. The van der Waals surface area contributed by atoms with Crippen molar-refractivity contribution in [1.29, 1.82) is 0 Å². The van der Waals surface area contributed by atoms with Crippen LogP contribution in [0.4, 0.5) is 0 Å². The molecule has 2 aliphatic carbocycles. The average Bonchev–Trinajstić information content (AvgIpc) is 3.49. The summed E-state index contributed by atoms with van der Waals surface area (Å²) >= 11 is 0. The monoisotopic (exact) mass is 420 g/mol. The van der Waals surface area contributed by atoms with Crippen LogP contribution >= 0.6 is 0 Å². The van der Waals surface area contributed by atoms with Crippen molar-refractivity contribution in [1.82, 2.24) is 0 Å². The van der Waals surface area contributed by atoms with Crippen LogP contribution in [0.3, 0.4) is 0 Å². The number of fused-ring (bicyclic) bond motifs is 5. The summed E-state index contributed by atoms with van der Waals surface area (Å²) < 4.78 is 6.24. The molecule has 1 aromatic rings. The molecule has 170 valence electrons. The molecule has 3 aliphatic rings. The Morgan fingerprint density at radius 3 is 1.77 bits per heavy atom. The lowest BCUT2D eigenvalue weighted by Gasteiger charge is -2.32. The van der Waals surface area contributed by atoms with Crippen LogP contribution in [0.1, 0.15) is 127 Å². The van der Waals surface area contributed by atoms with Gasteiger partial charge in [0, 0.05) is 5.57 Å². The zero-order chi connectivity index (χ0) is 21.4. The van der Waals surface area contributed by atoms with E-state index in [4.69, 9.17) is 4.74 Å². The second-order valence-electron chi connectivity index (χ2n) is 10.2. The highest BCUT2D eigenvalue weighted by Gasteiger charge is 2.61. The molecule has 0 aromatic heterocycles. The first-order valence-corrected chi connectivity index (χ1v) is 13.6. The molecule has 1 aliphatic heterocycles. The van der Waals surface area contributed by atoms with E-state index in [1.54, 1.807) is 0 Å². The SMILES string of the molecule is CCCCCCCCCCCCCCCCCCC12OC1C=CC1=C2c2ccccc21. The Hall–Kier alpha value is -1.34. The summed E-state index contributed by atoms with van der Waals surface area (Å²) in [5.41, 5.74) is 5.86. The Morgan fingerprint density at radius 2 is 1.19 bits per heavy atom. The highest BCUT2D eigenvalue weighted by molar-refractivity contribution is 6.12. The van der Waals surface area contributed by atoms with Crippen LogP contribution in [0, 0.1) is 0 Å². The van der Waals surface area contributed by atoms with Gasteiger partial charge in [0.2, 0.25) is 0 Å². The quantitative estimate of drug-likeness (QED) is 0.181. The van der Waals surface area contributed by atoms with E-state index >= 15 is 0 Å². The van der Waals surface area contributed by atoms with E-state index in [9.17, 15) is 0 Å². The first-order valence-electron chi connectivity index (χ1n) is 13.6. The molecule has 1 fully saturated rings. The van der Waals surface area contributed by atoms with Gasteiger partial charge >= 0.3 is 0 Å². The lowest BCUT2D eigenvalue weighted by Crippen LogP contribution is -2.26. The summed E-state index contributed by atoms with van der Waals surface area (Å²) in [6, 6.07) is 8.85. The van der Waals surface area contributed by atoms with Crippen LogP contribution in [0.2, 0.25) is 0 Å². The van der Waals surface area contributed by atoms with Crippen molar-refractivity contribution in [2.45, 2.75) is 128 Å². The largest absolute Gasteiger partial charge is 0.356 e. The molecule has 0 saturated carbocycles. The standard InChI is InChI=1S/C30H44O/c1-2-3-4-5-6-7-8-9-10-11-12-13-14-15-16-19-24-30-28(31-30)23-22-27-25-20-17-18-21-26(25)29(27)30/h17-18,20-23,28H,2-16,19,24H2,1H3. The minimum Gasteiger partial charge on any atom is -0.356 e. The van der Waals surface area contributed by atoms with E-state index < -0.39 is 0 Å². The minimum absolute atomic E-state index is 0.0361. The fourth-order valence-corrected chi connectivity index (χ4v) is 5.82. The number of rotatable bonds is 17. The zero-order valence-electron chi connectivity index (χ0n) is 20.0. The van der Waals surface area contributed by atoms with Gasteiger partial charge in [0.15, 0.2) is 0 Å². The van der Waals surface area contributed by atoms with Crippen LogP contribution in [-0.2, 0) is 4.74 Å². The third-order valence-electron chi connectivity index (χ3n) is 7.76. The van der Waals surface area contributed by atoms with Gasteiger partial charge in [-0.3, -0.25) is 0 Å². The van der Waals surface area contributed by atoms with Gasteiger partial charge in [-0.05, 0) is 23.1 Å². The number of unbranched alkanes of at least 4 members (excludes halogenated alkanes) is 15. The predicted octanol–water partition coefficient (Wildman–Crippen LogP) is 9.27. The molecule has 0 bridgehead atoms. The first-order chi connectivity index (χ1) is 15.4. The van der Waals surface area contributed by atoms with E-state index in [0.29, 0.717) is 6.10 Å². The minimum atomic E-state index is 0.0361. The van der Waals surface area contributed by atoms with Crippen molar-refractivity contribution in [2.75, 3.05) is 0 Å². The fourth-order valence-electron chi connectivity index (χ4n) is 5.82. The van der Waals surface area contributed by atoms with Gasteiger partial charge in [-0.25, -0.2) is 0 Å². The summed E-state index contributed by atoms with van der Waals surface area (Å²) in [5.74, 6) is 0. The Labute approximate surface area is 191 Å². The van der Waals surface area contributed by atoms with Gasteiger partial charge in [-0.2, -0.15) is 0 Å². The Bertz CT molecular complexity index is 757. The Kier molecular flexibility index (Phi) is 8.48. The maximum Gasteiger partial charge on any atom is 0.125 e. The molecule has 1 heterocycles. The van der Waals surface area contributed by atoms with Crippen molar-refractivity contribution >= 4 is 11.1 Å². The summed E-state index contributed by atoms with van der Waals surface area (Å²) in [6.45, 7) is 2.30. The maximum absolute atomic E-state index is 6.24. The van der Waals surface area contributed by atoms with Crippen molar-refractivity contribution in [3.05, 3.63) is 47.5 Å². The molecule has 4 rings (SSSR count). The van der Waals surface area contributed by atoms with Crippen molar-refractivity contribution in [3.63, 3.8) is 0 Å². The van der Waals surface area contributed by atoms with Crippen LogP contribution < -0.4 is 0 Å². The molecular formula is C30H44O. The van der Waals surface area contributed by atoms with Gasteiger partial charge in [0.05, 0.1) is 0 Å². The molecule has 1 aromatic carbocycles. The normalized spacial score (nSPS) is 22.7. The van der Waals surface area contributed by atoms with Crippen LogP contribution in [0.5, 0.6) is 0 Å². The topological polar surface area (TPSA) is 12.5 Å². The molecule has 0 N–H and O–H groups in total. The van der Waals surface area contributed by atoms with Crippen LogP contribution in [-0.4, -0.2) is 11.7 Å². The number of allylic oxidation sites excluding steroid dienone is 2. The molecule has 31 heavy (non-hydrogen) atoms. The molecule has 1 heteroatoms. The zero-order valence-corrected chi connectivity index (χ0v) is 20.0. The molecule has 0 spiro atoms. The van der Waals surface area contributed by atoms with Gasteiger partial charge in [-0.1, -0.05) is 146 Å².